The van der Waals surface area contributed by atoms with E-state index < -0.39 is 0 Å². The maximum atomic E-state index is 8.93. The summed E-state index contributed by atoms with van der Waals surface area (Å²) < 4.78 is 0. The van der Waals surface area contributed by atoms with Gasteiger partial charge in [-0.25, -0.2) is 0 Å². The Morgan fingerprint density at radius 3 is 2.69 bits per heavy atom. The first-order valence-corrected chi connectivity index (χ1v) is 6.77. The summed E-state index contributed by atoms with van der Waals surface area (Å²) in [5, 5.41) is 12.4. The van der Waals surface area contributed by atoms with Gasteiger partial charge in [0.15, 0.2) is 0 Å². The smallest absolute Gasteiger partial charge is 0.0434 e. The molecule has 0 aromatic rings. The van der Waals surface area contributed by atoms with Gasteiger partial charge < -0.3 is 10.4 Å². The molecule has 0 fully saturated rings. The third-order valence-corrected chi connectivity index (χ3v) is 2.93. The molecule has 0 aromatic heterocycles. The molecule has 0 aromatic carbocycles. The number of nitrogens with one attached hydrogen (secondary N) is 1. The predicted molar refractivity (Wildman–Crippen MR) is 71.6 cm³/mol. The molecule has 0 saturated heterocycles. The second kappa shape index (κ2) is 12.7. The Bertz CT molecular complexity index is 142. The van der Waals surface area contributed by atoms with Crippen LogP contribution in [-0.4, -0.2) is 24.8 Å². The number of rotatable bonds is 12. The van der Waals surface area contributed by atoms with Gasteiger partial charge in [-0.1, -0.05) is 25.8 Å². The molecule has 0 aliphatic rings. The molecular weight excluding hydrogens is 198 g/mol. The van der Waals surface area contributed by atoms with Crippen LogP contribution in [0.5, 0.6) is 0 Å². The molecule has 96 valence electrons. The van der Waals surface area contributed by atoms with Crippen LogP contribution in [0.2, 0.25) is 0 Å². The first-order valence-electron chi connectivity index (χ1n) is 6.77. The summed E-state index contributed by atoms with van der Waals surface area (Å²) in [6.45, 7) is 8.43. The molecule has 2 N–H and O–H groups in total. The zero-order chi connectivity index (χ0) is 12.1. The van der Waals surface area contributed by atoms with Gasteiger partial charge in [0.2, 0.25) is 0 Å². The first-order chi connectivity index (χ1) is 7.85. The van der Waals surface area contributed by atoms with Crippen molar-refractivity contribution in [3.8, 4) is 0 Å². The molecule has 1 atom stereocenters. The van der Waals surface area contributed by atoms with Crippen LogP contribution in [0, 0.1) is 5.92 Å². The lowest BCUT2D eigenvalue weighted by molar-refractivity contribution is 0.248. The van der Waals surface area contributed by atoms with Crippen LogP contribution in [0.15, 0.2) is 12.7 Å². The highest BCUT2D eigenvalue weighted by Gasteiger charge is 2.05. The van der Waals surface area contributed by atoms with E-state index in [0.717, 1.165) is 25.9 Å². The molecule has 0 heterocycles. The Labute approximate surface area is 101 Å². The fraction of sp³-hybridized carbons (Fsp3) is 0.857. The van der Waals surface area contributed by atoms with Crippen molar-refractivity contribution in [3.63, 3.8) is 0 Å². The monoisotopic (exact) mass is 227 g/mol. The summed E-state index contributed by atoms with van der Waals surface area (Å²) in [5.74, 6) is 0.656. The Kier molecular flexibility index (Phi) is 12.5. The molecule has 1 unspecified atom stereocenters. The molecule has 0 bridgehead atoms. The van der Waals surface area contributed by atoms with E-state index in [9.17, 15) is 0 Å². The maximum Gasteiger partial charge on any atom is 0.0434 e. The van der Waals surface area contributed by atoms with Crippen molar-refractivity contribution in [1.82, 2.24) is 5.32 Å². The predicted octanol–water partition coefficient (Wildman–Crippen LogP) is 3.12. The Balaban J connectivity index is 3.28. The number of unbranched alkanes of at least 4 members (excludes halogenated alkanes) is 3. The summed E-state index contributed by atoms with van der Waals surface area (Å²) in [4.78, 5) is 0. The number of aliphatic hydroxyl groups excluding tert-OH is 1. The van der Waals surface area contributed by atoms with Crippen molar-refractivity contribution in [3.05, 3.63) is 12.7 Å². The molecule has 0 radical (unpaired) electrons. The third kappa shape index (κ3) is 10.2. The fourth-order valence-corrected chi connectivity index (χ4v) is 1.96. The largest absolute Gasteiger partial charge is 0.396 e. The van der Waals surface area contributed by atoms with Crippen molar-refractivity contribution in [2.75, 3.05) is 19.7 Å². The van der Waals surface area contributed by atoms with E-state index in [4.69, 9.17) is 5.11 Å². The van der Waals surface area contributed by atoms with E-state index in [1.165, 1.54) is 32.1 Å². The van der Waals surface area contributed by atoms with E-state index in [1.807, 2.05) is 6.08 Å². The van der Waals surface area contributed by atoms with E-state index in [0.29, 0.717) is 12.5 Å². The van der Waals surface area contributed by atoms with Gasteiger partial charge in [0.25, 0.3) is 0 Å². The number of aliphatic hydroxyl groups is 1. The summed E-state index contributed by atoms with van der Waals surface area (Å²) >= 11 is 0. The average molecular weight is 227 g/mol. The Morgan fingerprint density at radius 1 is 1.25 bits per heavy atom. The summed E-state index contributed by atoms with van der Waals surface area (Å²) in [5.41, 5.74) is 0. The van der Waals surface area contributed by atoms with Crippen LogP contribution >= 0.6 is 0 Å². The lowest BCUT2D eigenvalue weighted by atomic mass is 10.0. The van der Waals surface area contributed by atoms with Gasteiger partial charge in [0.1, 0.15) is 0 Å². The molecular formula is C14H29NO. The SMILES string of the molecule is C=CCCCCCNCC(CCC)CCO. The standard InChI is InChI=1S/C14H29NO/c1-3-5-6-7-8-11-15-13-14(9-4-2)10-12-16/h3,14-16H,1,4-13H2,2H3. The highest BCUT2D eigenvalue weighted by molar-refractivity contribution is 4.66. The average Bonchev–Trinajstić information content (AvgIpc) is 2.28. The van der Waals surface area contributed by atoms with Gasteiger partial charge in [-0.15, -0.1) is 6.58 Å². The van der Waals surface area contributed by atoms with Crippen molar-refractivity contribution in [1.29, 1.82) is 0 Å². The molecule has 0 aliphatic heterocycles. The van der Waals surface area contributed by atoms with Crippen molar-refractivity contribution < 1.29 is 5.11 Å². The van der Waals surface area contributed by atoms with E-state index in [2.05, 4.69) is 18.8 Å². The molecule has 2 nitrogen and oxygen atoms in total. The van der Waals surface area contributed by atoms with Crippen LogP contribution < -0.4 is 5.32 Å². The third-order valence-electron chi connectivity index (χ3n) is 2.93. The zero-order valence-corrected chi connectivity index (χ0v) is 10.9. The van der Waals surface area contributed by atoms with E-state index >= 15 is 0 Å². The number of hydrogen-bond donors (Lipinski definition) is 2. The quantitative estimate of drug-likeness (QED) is 0.396. The summed E-state index contributed by atoms with van der Waals surface area (Å²) in [6, 6.07) is 0. The topological polar surface area (TPSA) is 32.3 Å². The molecule has 2 heteroatoms. The molecule has 0 saturated carbocycles. The maximum absolute atomic E-state index is 8.93. The number of hydrogen-bond acceptors (Lipinski definition) is 2. The van der Waals surface area contributed by atoms with Crippen LogP contribution in [0.25, 0.3) is 0 Å². The van der Waals surface area contributed by atoms with Gasteiger partial charge in [-0.2, -0.15) is 0 Å². The molecule has 16 heavy (non-hydrogen) atoms. The number of allylic oxidation sites excluding steroid dienone is 1. The van der Waals surface area contributed by atoms with E-state index in [-0.39, 0.29) is 0 Å². The minimum absolute atomic E-state index is 0.325. The van der Waals surface area contributed by atoms with Gasteiger partial charge in [-0.3, -0.25) is 0 Å². The molecule has 0 amide bonds. The van der Waals surface area contributed by atoms with Gasteiger partial charge in [0, 0.05) is 6.61 Å². The molecule has 0 aliphatic carbocycles. The van der Waals surface area contributed by atoms with Gasteiger partial charge in [-0.05, 0) is 51.1 Å². The molecule has 0 spiro atoms. The molecule has 0 rings (SSSR count). The highest BCUT2D eigenvalue weighted by Crippen LogP contribution is 2.09. The zero-order valence-electron chi connectivity index (χ0n) is 10.9. The lowest BCUT2D eigenvalue weighted by Gasteiger charge is -2.15. The fourth-order valence-electron chi connectivity index (χ4n) is 1.96. The summed E-state index contributed by atoms with van der Waals surface area (Å²) in [6.07, 6.45) is 10.3. The van der Waals surface area contributed by atoms with Crippen LogP contribution in [0.1, 0.15) is 51.9 Å². The minimum atomic E-state index is 0.325. The lowest BCUT2D eigenvalue weighted by Crippen LogP contribution is -2.24. The normalized spacial score (nSPS) is 12.6. The highest BCUT2D eigenvalue weighted by atomic mass is 16.3. The van der Waals surface area contributed by atoms with Crippen molar-refractivity contribution >= 4 is 0 Å². The van der Waals surface area contributed by atoms with Crippen LogP contribution in [0.3, 0.4) is 0 Å². The van der Waals surface area contributed by atoms with Crippen molar-refractivity contribution in [2.45, 2.75) is 51.9 Å². The van der Waals surface area contributed by atoms with Gasteiger partial charge >= 0.3 is 0 Å². The first kappa shape index (κ1) is 15.7. The van der Waals surface area contributed by atoms with Crippen LogP contribution in [-0.2, 0) is 0 Å². The second-order valence-electron chi connectivity index (χ2n) is 4.51. The second-order valence-corrected chi connectivity index (χ2v) is 4.51. The Morgan fingerprint density at radius 2 is 2.06 bits per heavy atom. The van der Waals surface area contributed by atoms with Crippen LogP contribution in [0.4, 0.5) is 0 Å². The van der Waals surface area contributed by atoms with Crippen molar-refractivity contribution in [2.24, 2.45) is 5.92 Å². The van der Waals surface area contributed by atoms with Gasteiger partial charge in [0.05, 0.1) is 0 Å². The summed E-state index contributed by atoms with van der Waals surface area (Å²) in [7, 11) is 0. The Hall–Kier alpha value is -0.340. The minimum Gasteiger partial charge on any atom is -0.396 e. The van der Waals surface area contributed by atoms with E-state index in [1.54, 1.807) is 0 Å².